The van der Waals surface area contributed by atoms with Crippen molar-refractivity contribution in [2.75, 3.05) is 6.54 Å². The Bertz CT molecular complexity index is 680. The first-order valence-corrected chi connectivity index (χ1v) is 8.80. The fourth-order valence-electron chi connectivity index (χ4n) is 3.25. The van der Waals surface area contributed by atoms with Crippen LogP contribution in [-0.2, 0) is 4.79 Å². The summed E-state index contributed by atoms with van der Waals surface area (Å²) in [6.07, 6.45) is 2.42. The predicted octanol–water partition coefficient (Wildman–Crippen LogP) is 4.62. The van der Waals surface area contributed by atoms with Gasteiger partial charge in [0.1, 0.15) is 0 Å². The van der Waals surface area contributed by atoms with Crippen LogP contribution >= 0.6 is 28.3 Å². The molecule has 1 fully saturated rings. The van der Waals surface area contributed by atoms with Crippen molar-refractivity contribution in [3.05, 3.63) is 70.2 Å². The van der Waals surface area contributed by atoms with E-state index in [-0.39, 0.29) is 30.4 Å². The van der Waals surface area contributed by atoms with E-state index >= 15 is 0 Å². The Labute approximate surface area is 157 Å². The Kier molecular flexibility index (Phi) is 6.84. The fraction of sp³-hybridized carbons (Fsp3) is 0.316. The minimum atomic E-state index is -0.243. The summed E-state index contributed by atoms with van der Waals surface area (Å²) in [4.78, 5) is 14.7. The van der Waals surface area contributed by atoms with E-state index in [9.17, 15) is 4.79 Å². The Morgan fingerprint density at radius 2 is 1.96 bits per heavy atom. The zero-order valence-electron chi connectivity index (χ0n) is 13.4. The van der Waals surface area contributed by atoms with Crippen LogP contribution in [0.4, 0.5) is 0 Å². The molecule has 0 spiro atoms. The van der Waals surface area contributed by atoms with Gasteiger partial charge in [-0.2, -0.15) is 0 Å². The molecular weight excluding hydrogens is 388 g/mol. The van der Waals surface area contributed by atoms with E-state index in [0.717, 1.165) is 29.4 Å². The summed E-state index contributed by atoms with van der Waals surface area (Å²) in [6, 6.07) is 18.0. The highest BCUT2D eigenvalue weighted by atomic mass is 79.9. The first-order chi connectivity index (χ1) is 11.1. The molecule has 3 nitrogen and oxygen atoms in total. The van der Waals surface area contributed by atoms with E-state index in [1.165, 1.54) is 5.56 Å². The first kappa shape index (κ1) is 19.0. The van der Waals surface area contributed by atoms with Crippen LogP contribution in [0.5, 0.6) is 0 Å². The lowest BCUT2D eigenvalue weighted by Crippen LogP contribution is -2.33. The van der Waals surface area contributed by atoms with Crippen molar-refractivity contribution in [2.45, 2.75) is 31.3 Å². The van der Waals surface area contributed by atoms with Gasteiger partial charge in [-0.25, -0.2) is 0 Å². The van der Waals surface area contributed by atoms with Crippen LogP contribution in [0.3, 0.4) is 0 Å². The van der Waals surface area contributed by atoms with Gasteiger partial charge >= 0.3 is 0 Å². The number of halogens is 2. The fourth-order valence-corrected chi connectivity index (χ4v) is 3.67. The number of likely N-dealkylation sites (tertiary alicyclic amines) is 1. The molecule has 1 heterocycles. The number of amides is 1. The Balaban J connectivity index is 0.00000208. The molecule has 128 valence electrons. The molecular formula is C19H22BrClN2O. The van der Waals surface area contributed by atoms with E-state index < -0.39 is 0 Å². The molecule has 2 atom stereocenters. The maximum absolute atomic E-state index is 12.7. The molecule has 0 aliphatic carbocycles. The third-order valence-corrected chi connectivity index (χ3v) is 4.92. The third kappa shape index (κ3) is 4.38. The Morgan fingerprint density at radius 1 is 1.21 bits per heavy atom. The molecule has 3 rings (SSSR count). The van der Waals surface area contributed by atoms with Crippen molar-refractivity contribution in [3.8, 4) is 0 Å². The van der Waals surface area contributed by atoms with Gasteiger partial charge in [0.15, 0.2) is 0 Å². The van der Waals surface area contributed by atoms with Gasteiger partial charge in [-0.05, 0) is 36.1 Å². The number of carbonyl (C=O) groups excluding carboxylic acids is 1. The van der Waals surface area contributed by atoms with Gasteiger partial charge < -0.3 is 10.6 Å². The molecule has 1 saturated heterocycles. The summed E-state index contributed by atoms with van der Waals surface area (Å²) >= 11 is 3.51. The van der Waals surface area contributed by atoms with Crippen molar-refractivity contribution in [3.63, 3.8) is 0 Å². The second-order valence-corrected chi connectivity index (χ2v) is 6.94. The summed E-state index contributed by atoms with van der Waals surface area (Å²) in [5, 5.41) is 0. The molecule has 2 aromatic rings. The summed E-state index contributed by atoms with van der Waals surface area (Å²) in [5.41, 5.74) is 8.42. The van der Waals surface area contributed by atoms with Crippen LogP contribution in [0.15, 0.2) is 59.1 Å². The smallest absolute Gasteiger partial charge is 0.224 e. The molecule has 2 N–H and O–H groups in total. The highest BCUT2D eigenvalue weighted by molar-refractivity contribution is 9.10. The first-order valence-electron chi connectivity index (χ1n) is 8.00. The van der Waals surface area contributed by atoms with E-state index in [2.05, 4.69) is 28.1 Å². The Morgan fingerprint density at radius 3 is 2.67 bits per heavy atom. The molecule has 0 saturated carbocycles. The van der Waals surface area contributed by atoms with Gasteiger partial charge in [-0.3, -0.25) is 4.79 Å². The van der Waals surface area contributed by atoms with Crippen molar-refractivity contribution < 1.29 is 4.79 Å². The van der Waals surface area contributed by atoms with Gasteiger partial charge in [-0.1, -0.05) is 58.4 Å². The average Bonchev–Trinajstić information content (AvgIpc) is 3.05. The van der Waals surface area contributed by atoms with Crippen molar-refractivity contribution in [2.24, 2.45) is 5.73 Å². The quantitative estimate of drug-likeness (QED) is 0.800. The van der Waals surface area contributed by atoms with Crippen LogP contribution in [0.1, 0.15) is 42.5 Å². The van der Waals surface area contributed by atoms with Crippen molar-refractivity contribution >= 4 is 34.2 Å². The van der Waals surface area contributed by atoms with Gasteiger partial charge in [0, 0.05) is 23.5 Å². The number of benzene rings is 2. The molecule has 24 heavy (non-hydrogen) atoms. The second-order valence-electron chi connectivity index (χ2n) is 6.02. The number of carbonyl (C=O) groups is 1. The van der Waals surface area contributed by atoms with Crippen LogP contribution in [0.25, 0.3) is 0 Å². The van der Waals surface area contributed by atoms with Crippen molar-refractivity contribution in [1.29, 1.82) is 0 Å². The van der Waals surface area contributed by atoms with E-state index in [1.54, 1.807) is 0 Å². The average molecular weight is 410 g/mol. The zero-order valence-corrected chi connectivity index (χ0v) is 15.8. The summed E-state index contributed by atoms with van der Waals surface area (Å²) in [7, 11) is 0. The van der Waals surface area contributed by atoms with Gasteiger partial charge in [0.05, 0.1) is 6.04 Å². The largest absolute Gasteiger partial charge is 0.336 e. The number of hydrogen-bond acceptors (Lipinski definition) is 2. The number of rotatable bonds is 4. The molecule has 1 aliphatic rings. The number of nitrogens with zero attached hydrogens (tertiary/aromatic N) is 1. The normalized spacial score (nSPS) is 18.1. The van der Waals surface area contributed by atoms with Gasteiger partial charge in [-0.15, -0.1) is 12.4 Å². The topological polar surface area (TPSA) is 46.3 Å². The van der Waals surface area contributed by atoms with E-state index in [0.29, 0.717) is 6.42 Å². The van der Waals surface area contributed by atoms with Crippen LogP contribution < -0.4 is 5.73 Å². The maximum Gasteiger partial charge on any atom is 0.224 e. The van der Waals surface area contributed by atoms with Crippen LogP contribution in [0, 0.1) is 0 Å². The standard InChI is InChI=1S/C19H21BrN2O.ClH/c20-16-9-4-8-15(12-16)18-10-5-11-22(18)19(23)13-17(21)14-6-2-1-3-7-14;/h1-4,6-9,12,17-18H,5,10-11,13,21H2;1H. The number of nitrogens with two attached hydrogens (primary N) is 1. The summed E-state index contributed by atoms with van der Waals surface area (Å²) < 4.78 is 1.05. The lowest BCUT2D eigenvalue weighted by Gasteiger charge is -2.26. The molecule has 5 heteroatoms. The van der Waals surface area contributed by atoms with Crippen molar-refractivity contribution in [1.82, 2.24) is 4.90 Å². The molecule has 0 bridgehead atoms. The highest BCUT2D eigenvalue weighted by Gasteiger charge is 2.30. The molecule has 0 radical (unpaired) electrons. The van der Waals surface area contributed by atoms with E-state index in [4.69, 9.17) is 5.73 Å². The SMILES string of the molecule is Cl.NC(CC(=O)N1CCCC1c1cccc(Br)c1)c1ccccc1. The Hall–Kier alpha value is -1.36. The minimum Gasteiger partial charge on any atom is -0.336 e. The van der Waals surface area contributed by atoms with Gasteiger partial charge in [0.2, 0.25) is 5.91 Å². The highest BCUT2D eigenvalue weighted by Crippen LogP contribution is 2.34. The zero-order chi connectivity index (χ0) is 16.2. The van der Waals surface area contributed by atoms with Crippen LogP contribution in [-0.4, -0.2) is 17.4 Å². The van der Waals surface area contributed by atoms with E-state index in [1.807, 2.05) is 47.4 Å². The van der Waals surface area contributed by atoms with Crippen LogP contribution in [0.2, 0.25) is 0 Å². The molecule has 1 amide bonds. The molecule has 2 aromatic carbocycles. The summed E-state index contributed by atoms with van der Waals surface area (Å²) in [6.45, 7) is 0.817. The number of hydrogen-bond donors (Lipinski definition) is 1. The molecule has 0 aromatic heterocycles. The third-order valence-electron chi connectivity index (χ3n) is 4.43. The molecule has 1 aliphatic heterocycles. The molecule has 2 unspecified atom stereocenters. The predicted molar refractivity (Wildman–Crippen MR) is 103 cm³/mol. The minimum absolute atomic E-state index is 0. The van der Waals surface area contributed by atoms with Gasteiger partial charge in [0.25, 0.3) is 0 Å². The monoisotopic (exact) mass is 408 g/mol. The second kappa shape index (κ2) is 8.65. The lowest BCUT2D eigenvalue weighted by molar-refractivity contribution is -0.132. The summed E-state index contributed by atoms with van der Waals surface area (Å²) in [5.74, 6) is 0.142. The maximum atomic E-state index is 12.7. The lowest BCUT2D eigenvalue weighted by atomic mass is 10.0.